The summed E-state index contributed by atoms with van der Waals surface area (Å²) in [6, 6.07) is 2.09. The Bertz CT molecular complexity index is 314. The van der Waals surface area contributed by atoms with Gasteiger partial charge in [0.2, 0.25) is 5.91 Å². The molecular formula is C13H22ClN3O2. The van der Waals surface area contributed by atoms with Crippen LogP contribution in [0.5, 0.6) is 0 Å². The summed E-state index contributed by atoms with van der Waals surface area (Å²) in [4.78, 5) is 16.2. The number of carbonyl (C=O) groups is 1. The number of ether oxygens (including phenoxy) is 1. The van der Waals surface area contributed by atoms with Crippen LogP contribution in [-0.2, 0) is 9.53 Å². The monoisotopic (exact) mass is 287 g/mol. The second-order valence-corrected chi connectivity index (χ2v) is 5.05. The summed E-state index contributed by atoms with van der Waals surface area (Å²) in [5.74, 6) is 0.169. The molecule has 1 unspecified atom stereocenters. The Hall–Kier alpha value is -0.830. The third kappa shape index (κ3) is 5.77. The highest BCUT2D eigenvalue weighted by atomic mass is 35.5. The van der Waals surface area contributed by atoms with Crippen LogP contribution in [0.15, 0.2) is 0 Å². The average Bonchev–Trinajstić information content (AvgIpc) is 2.47. The van der Waals surface area contributed by atoms with Gasteiger partial charge in [-0.1, -0.05) is 6.92 Å². The van der Waals surface area contributed by atoms with Crippen LogP contribution in [-0.4, -0.2) is 67.5 Å². The Labute approximate surface area is 120 Å². The second-order valence-electron chi connectivity index (χ2n) is 4.74. The Morgan fingerprint density at radius 1 is 1.47 bits per heavy atom. The zero-order chi connectivity index (χ0) is 14.1. The number of nitriles is 1. The molecule has 0 N–H and O–H groups in total. The molecule has 1 saturated heterocycles. The Morgan fingerprint density at radius 3 is 2.74 bits per heavy atom. The smallest absolute Gasteiger partial charge is 0.226 e. The first-order valence-corrected chi connectivity index (χ1v) is 7.24. The van der Waals surface area contributed by atoms with E-state index >= 15 is 0 Å². The number of hydrogen-bond acceptors (Lipinski definition) is 4. The number of amides is 1. The summed E-state index contributed by atoms with van der Waals surface area (Å²) in [5.41, 5.74) is 0. The first-order chi connectivity index (χ1) is 9.19. The van der Waals surface area contributed by atoms with Crippen LogP contribution in [0, 0.1) is 17.2 Å². The van der Waals surface area contributed by atoms with E-state index in [1.807, 2.05) is 6.92 Å². The molecule has 1 aliphatic rings. The van der Waals surface area contributed by atoms with Crippen molar-refractivity contribution in [3.8, 4) is 6.07 Å². The lowest BCUT2D eigenvalue weighted by molar-refractivity contribution is -0.134. The molecule has 1 atom stereocenters. The normalized spacial score (nSPS) is 17.7. The van der Waals surface area contributed by atoms with E-state index in [-0.39, 0.29) is 11.8 Å². The topological polar surface area (TPSA) is 56.6 Å². The summed E-state index contributed by atoms with van der Waals surface area (Å²) in [7, 11) is 0. The molecule has 6 heteroatoms. The van der Waals surface area contributed by atoms with Crippen molar-refractivity contribution in [1.82, 2.24) is 9.80 Å². The quantitative estimate of drug-likeness (QED) is 0.654. The maximum absolute atomic E-state index is 12.1. The lowest BCUT2D eigenvalue weighted by Gasteiger charge is -2.30. The van der Waals surface area contributed by atoms with Gasteiger partial charge in [0.1, 0.15) is 0 Å². The molecule has 0 spiro atoms. The Balaban J connectivity index is 2.44. The van der Waals surface area contributed by atoms with Gasteiger partial charge in [-0.15, -0.1) is 11.6 Å². The highest BCUT2D eigenvalue weighted by molar-refractivity contribution is 6.19. The van der Waals surface area contributed by atoms with Crippen molar-refractivity contribution < 1.29 is 9.53 Å². The summed E-state index contributed by atoms with van der Waals surface area (Å²) >= 11 is 5.73. The van der Waals surface area contributed by atoms with Gasteiger partial charge in [0.05, 0.1) is 25.7 Å². The Kier molecular flexibility index (Phi) is 7.80. The molecule has 0 aromatic carbocycles. The van der Waals surface area contributed by atoms with Gasteiger partial charge in [0, 0.05) is 44.5 Å². The lowest BCUT2D eigenvalue weighted by Crippen LogP contribution is -2.44. The van der Waals surface area contributed by atoms with E-state index in [0.29, 0.717) is 25.4 Å². The van der Waals surface area contributed by atoms with Crippen LogP contribution in [0.2, 0.25) is 0 Å². The summed E-state index contributed by atoms with van der Waals surface area (Å²) in [6.07, 6.45) is 0.365. The standard InChI is InChI=1S/C13H22ClN3O2/c1-12(11-14)13(18)17(4-2-3-15)6-5-16-7-9-19-10-8-16/h12H,2,4-11H2,1H3. The molecule has 0 radical (unpaired) electrons. The fourth-order valence-corrected chi connectivity index (χ4v) is 2.11. The molecule has 0 aromatic heterocycles. The van der Waals surface area contributed by atoms with Crippen molar-refractivity contribution >= 4 is 17.5 Å². The molecule has 0 bridgehead atoms. The second kappa shape index (κ2) is 9.13. The fourth-order valence-electron chi connectivity index (χ4n) is 1.98. The molecule has 108 valence electrons. The summed E-state index contributed by atoms with van der Waals surface area (Å²) in [5, 5.41) is 8.67. The van der Waals surface area contributed by atoms with E-state index in [1.54, 1.807) is 4.90 Å². The zero-order valence-corrected chi connectivity index (χ0v) is 12.2. The number of morpholine rings is 1. The molecule has 1 heterocycles. The largest absolute Gasteiger partial charge is 0.379 e. The molecule has 0 aromatic rings. The van der Waals surface area contributed by atoms with Gasteiger partial charge in [0.15, 0.2) is 0 Å². The predicted molar refractivity (Wildman–Crippen MR) is 74.0 cm³/mol. The van der Waals surface area contributed by atoms with Crippen LogP contribution < -0.4 is 0 Å². The van der Waals surface area contributed by atoms with Gasteiger partial charge in [-0.05, 0) is 0 Å². The first kappa shape index (κ1) is 16.2. The predicted octanol–water partition coefficient (Wildman–Crippen LogP) is 0.936. The number of alkyl halides is 1. The third-order valence-corrected chi connectivity index (χ3v) is 3.71. The molecule has 1 aliphatic heterocycles. The minimum atomic E-state index is -0.190. The minimum Gasteiger partial charge on any atom is -0.379 e. The molecule has 1 rings (SSSR count). The van der Waals surface area contributed by atoms with Gasteiger partial charge in [0.25, 0.3) is 0 Å². The van der Waals surface area contributed by atoms with E-state index in [1.165, 1.54) is 0 Å². The highest BCUT2D eigenvalue weighted by Gasteiger charge is 2.20. The molecule has 1 fully saturated rings. The van der Waals surface area contributed by atoms with Crippen LogP contribution in [0.3, 0.4) is 0 Å². The minimum absolute atomic E-state index is 0.0403. The zero-order valence-electron chi connectivity index (χ0n) is 11.5. The van der Waals surface area contributed by atoms with Crippen molar-refractivity contribution in [2.75, 3.05) is 51.8 Å². The van der Waals surface area contributed by atoms with Crippen molar-refractivity contribution in [3.05, 3.63) is 0 Å². The molecule has 5 nitrogen and oxygen atoms in total. The van der Waals surface area contributed by atoms with E-state index in [2.05, 4.69) is 11.0 Å². The van der Waals surface area contributed by atoms with Gasteiger partial charge in [-0.2, -0.15) is 5.26 Å². The first-order valence-electron chi connectivity index (χ1n) is 6.70. The van der Waals surface area contributed by atoms with Crippen LogP contribution in [0.4, 0.5) is 0 Å². The number of halogens is 1. The molecule has 19 heavy (non-hydrogen) atoms. The lowest BCUT2D eigenvalue weighted by atomic mass is 10.2. The maximum Gasteiger partial charge on any atom is 0.226 e. The SMILES string of the molecule is CC(CCl)C(=O)N(CCC#N)CCN1CCOCC1. The molecule has 1 amide bonds. The van der Waals surface area contributed by atoms with Gasteiger partial charge >= 0.3 is 0 Å². The van der Waals surface area contributed by atoms with Gasteiger partial charge in [-0.25, -0.2) is 0 Å². The summed E-state index contributed by atoms with van der Waals surface area (Å²) in [6.45, 7) is 7.12. The van der Waals surface area contributed by atoms with E-state index in [9.17, 15) is 4.79 Å². The van der Waals surface area contributed by atoms with Gasteiger partial charge < -0.3 is 9.64 Å². The maximum atomic E-state index is 12.1. The van der Waals surface area contributed by atoms with Crippen molar-refractivity contribution in [1.29, 1.82) is 5.26 Å². The number of carbonyl (C=O) groups excluding carboxylic acids is 1. The number of nitrogens with zero attached hydrogens (tertiary/aromatic N) is 3. The van der Waals surface area contributed by atoms with Crippen molar-refractivity contribution in [3.63, 3.8) is 0 Å². The molecule has 0 aliphatic carbocycles. The number of hydrogen-bond donors (Lipinski definition) is 0. The fraction of sp³-hybridized carbons (Fsp3) is 0.846. The average molecular weight is 288 g/mol. The van der Waals surface area contributed by atoms with Gasteiger partial charge in [-0.3, -0.25) is 9.69 Å². The highest BCUT2D eigenvalue weighted by Crippen LogP contribution is 2.06. The molecular weight excluding hydrogens is 266 g/mol. The number of rotatable bonds is 7. The van der Waals surface area contributed by atoms with Crippen LogP contribution >= 0.6 is 11.6 Å². The van der Waals surface area contributed by atoms with Crippen molar-refractivity contribution in [2.24, 2.45) is 5.92 Å². The summed E-state index contributed by atoms with van der Waals surface area (Å²) < 4.78 is 5.29. The third-order valence-electron chi connectivity index (χ3n) is 3.25. The van der Waals surface area contributed by atoms with Crippen LogP contribution in [0.1, 0.15) is 13.3 Å². The Morgan fingerprint density at radius 2 is 2.16 bits per heavy atom. The van der Waals surface area contributed by atoms with E-state index in [0.717, 1.165) is 32.8 Å². The van der Waals surface area contributed by atoms with E-state index < -0.39 is 0 Å². The van der Waals surface area contributed by atoms with Crippen LogP contribution in [0.25, 0.3) is 0 Å². The van der Waals surface area contributed by atoms with Crippen molar-refractivity contribution in [2.45, 2.75) is 13.3 Å². The van der Waals surface area contributed by atoms with E-state index in [4.69, 9.17) is 21.6 Å². The molecule has 0 saturated carbocycles.